The van der Waals surface area contributed by atoms with Gasteiger partial charge in [-0.2, -0.15) is 0 Å². The topological polar surface area (TPSA) is 0 Å². The first kappa shape index (κ1) is 12.5. The van der Waals surface area contributed by atoms with E-state index in [9.17, 15) is 0 Å². The molecular formula is C13H24. The van der Waals surface area contributed by atoms with Crippen LogP contribution in [-0.4, -0.2) is 0 Å². The molecule has 0 nitrogen and oxygen atoms in total. The molecule has 0 spiro atoms. The first-order valence-corrected chi connectivity index (χ1v) is 5.45. The van der Waals surface area contributed by atoms with Crippen molar-refractivity contribution < 1.29 is 0 Å². The minimum atomic E-state index is 0.713. The second-order valence-corrected chi connectivity index (χ2v) is 4.07. The Bertz CT molecular complexity index is 164. The summed E-state index contributed by atoms with van der Waals surface area (Å²) in [4.78, 5) is 0. The minimum absolute atomic E-state index is 0.713. The maximum atomic E-state index is 4.16. The third-order valence-electron chi connectivity index (χ3n) is 2.27. The molecule has 0 unspecified atom stereocenters. The molecule has 0 aromatic heterocycles. The zero-order valence-electron chi connectivity index (χ0n) is 9.69. The third kappa shape index (κ3) is 5.68. The third-order valence-corrected chi connectivity index (χ3v) is 2.27. The largest absolute Gasteiger partial charge is 0.0956 e. The van der Waals surface area contributed by atoms with E-state index in [0.29, 0.717) is 5.92 Å². The van der Waals surface area contributed by atoms with Gasteiger partial charge in [-0.05, 0) is 32.6 Å². The predicted molar refractivity (Wildman–Crippen MR) is 61.9 cm³/mol. The standard InChI is InChI=1S/C13H24/c1-6-8-13(9-7-2)12(5)10-11(3)4/h10,13H,5-9H2,1-4H3. The maximum Gasteiger partial charge on any atom is -0.0168 e. The van der Waals surface area contributed by atoms with Gasteiger partial charge in [-0.15, -0.1) is 0 Å². The van der Waals surface area contributed by atoms with Crippen LogP contribution < -0.4 is 0 Å². The van der Waals surface area contributed by atoms with Crippen LogP contribution in [-0.2, 0) is 0 Å². The molecule has 0 fully saturated rings. The smallest absolute Gasteiger partial charge is 0.0168 e. The molecule has 0 aromatic carbocycles. The van der Waals surface area contributed by atoms with Crippen LogP contribution in [0.4, 0.5) is 0 Å². The van der Waals surface area contributed by atoms with Crippen LogP contribution in [0.3, 0.4) is 0 Å². The molecule has 0 aliphatic carbocycles. The molecule has 0 heterocycles. The van der Waals surface area contributed by atoms with Gasteiger partial charge in [-0.1, -0.05) is 50.5 Å². The fraction of sp³-hybridized carbons (Fsp3) is 0.692. The van der Waals surface area contributed by atoms with E-state index < -0.39 is 0 Å². The normalized spacial score (nSPS) is 10.2. The van der Waals surface area contributed by atoms with E-state index in [0.717, 1.165) is 0 Å². The number of rotatable bonds is 6. The summed E-state index contributed by atoms with van der Waals surface area (Å²) in [6, 6.07) is 0. The Balaban J connectivity index is 4.19. The lowest BCUT2D eigenvalue weighted by atomic mass is 9.90. The second-order valence-electron chi connectivity index (χ2n) is 4.07. The molecule has 76 valence electrons. The SMILES string of the molecule is C=C(C=C(C)C)C(CCC)CCC. The number of hydrogen-bond donors (Lipinski definition) is 0. The van der Waals surface area contributed by atoms with Crippen LogP contribution in [0.25, 0.3) is 0 Å². The van der Waals surface area contributed by atoms with Gasteiger partial charge in [0.15, 0.2) is 0 Å². The Kier molecular flexibility index (Phi) is 6.66. The highest BCUT2D eigenvalue weighted by Gasteiger charge is 2.08. The molecular weight excluding hydrogens is 156 g/mol. The molecule has 0 bridgehead atoms. The fourth-order valence-electron chi connectivity index (χ4n) is 1.70. The number of allylic oxidation sites excluding steroid dienone is 3. The lowest BCUT2D eigenvalue weighted by molar-refractivity contribution is 0.513. The Hall–Kier alpha value is -0.520. The lowest BCUT2D eigenvalue weighted by Gasteiger charge is -2.15. The molecule has 0 saturated heterocycles. The summed E-state index contributed by atoms with van der Waals surface area (Å²) in [7, 11) is 0. The van der Waals surface area contributed by atoms with Crippen molar-refractivity contribution in [3.05, 3.63) is 23.8 Å². The van der Waals surface area contributed by atoms with Crippen molar-refractivity contribution in [3.63, 3.8) is 0 Å². The summed E-state index contributed by atoms with van der Waals surface area (Å²) in [5, 5.41) is 0. The first-order valence-electron chi connectivity index (χ1n) is 5.45. The summed E-state index contributed by atoms with van der Waals surface area (Å²) in [6.45, 7) is 12.9. The zero-order valence-corrected chi connectivity index (χ0v) is 9.69. The Morgan fingerprint density at radius 1 is 1.15 bits per heavy atom. The van der Waals surface area contributed by atoms with Gasteiger partial charge in [0.2, 0.25) is 0 Å². The van der Waals surface area contributed by atoms with Crippen molar-refractivity contribution in [3.8, 4) is 0 Å². The van der Waals surface area contributed by atoms with Gasteiger partial charge >= 0.3 is 0 Å². The predicted octanol–water partition coefficient (Wildman–Crippen LogP) is 4.73. The lowest BCUT2D eigenvalue weighted by Crippen LogP contribution is -2.01. The van der Waals surface area contributed by atoms with Crippen LogP contribution in [0, 0.1) is 5.92 Å². The summed E-state index contributed by atoms with van der Waals surface area (Å²) < 4.78 is 0. The van der Waals surface area contributed by atoms with Gasteiger partial charge in [-0.25, -0.2) is 0 Å². The molecule has 0 saturated carbocycles. The van der Waals surface area contributed by atoms with Gasteiger partial charge in [0, 0.05) is 0 Å². The highest BCUT2D eigenvalue weighted by atomic mass is 14.1. The quantitative estimate of drug-likeness (QED) is 0.519. The van der Waals surface area contributed by atoms with Gasteiger partial charge in [-0.3, -0.25) is 0 Å². The van der Waals surface area contributed by atoms with Gasteiger partial charge in [0.1, 0.15) is 0 Å². The minimum Gasteiger partial charge on any atom is -0.0956 e. The molecule has 0 atom stereocenters. The highest BCUT2D eigenvalue weighted by molar-refractivity contribution is 5.21. The molecule has 0 aliphatic heterocycles. The molecule has 0 N–H and O–H groups in total. The summed E-state index contributed by atoms with van der Waals surface area (Å²) >= 11 is 0. The average molecular weight is 180 g/mol. The highest BCUT2D eigenvalue weighted by Crippen LogP contribution is 2.22. The summed E-state index contributed by atoms with van der Waals surface area (Å²) in [6.07, 6.45) is 7.34. The van der Waals surface area contributed by atoms with Crippen molar-refractivity contribution in [1.29, 1.82) is 0 Å². The molecule has 0 aliphatic rings. The van der Waals surface area contributed by atoms with Crippen LogP contribution in [0.2, 0.25) is 0 Å². The number of hydrogen-bond acceptors (Lipinski definition) is 0. The molecule has 0 aromatic rings. The van der Waals surface area contributed by atoms with E-state index in [1.54, 1.807) is 0 Å². The molecule has 13 heavy (non-hydrogen) atoms. The van der Waals surface area contributed by atoms with E-state index in [1.165, 1.54) is 36.8 Å². The van der Waals surface area contributed by atoms with E-state index >= 15 is 0 Å². The van der Waals surface area contributed by atoms with Crippen molar-refractivity contribution in [2.24, 2.45) is 5.92 Å². The Labute approximate surface area is 83.7 Å². The average Bonchev–Trinajstić information content (AvgIpc) is 2.02. The van der Waals surface area contributed by atoms with Crippen molar-refractivity contribution >= 4 is 0 Å². The fourth-order valence-corrected chi connectivity index (χ4v) is 1.70. The first-order chi connectivity index (χ1) is 6.11. The molecule has 0 heteroatoms. The summed E-state index contributed by atoms with van der Waals surface area (Å²) in [5.74, 6) is 0.713. The molecule has 0 radical (unpaired) electrons. The van der Waals surface area contributed by atoms with Crippen LogP contribution >= 0.6 is 0 Å². The maximum absolute atomic E-state index is 4.16. The van der Waals surface area contributed by atoms with Gasteiger partial charge < -0.3 is 0 Å². The van der Waals surface area contributed by atoms with Crippen molar-refractivity contribution in [1.82, 2.24) is 0 Å². The Morgan fingerprint density at radius 2 is 1.62 bits per heavy atom. The van der Waals surface area contributed by atoms with Crippen LogP contribution in [0.5, 0.6) is 0 Å². The van der Waals surface area contributed by atoms with Crippen molar-refractivity contribution in [2.45, 2.75) is 53.4 Å². The van der Waals surface area contributed by atoms with Crippen molar-refractivity contribution in [2.75, 3.05) is 0 Å². The van der Waals surface area contributed by atoms with E-state index in [1.807, 2.05) is 0 Å². The van der Waals surface area contributed by atoms with Gasteiger partial charge in [0.25, 0.3) is 0 Å². The second kappa shape index (κ2) is 6.94. The molecule has 0 amide bonds. The molecule has 0 rings (SSSR count). The Morgan fingerprint density at radius 3 is 1.92 bits per heavy atom. The van der Waals surface area contributed by atoms with Crippen LogP contribution in [0.15, 0.2) is 23.8 Å². The summed E-state index contributed by atoms with van der Waals surface area (Å²) in [5.41, 5.74) is 2.69. The van der Waals surface area contributed by atoms with E-state index in [2.05, 4.69) is 40.3 Å². The van der Waals surface area contributed by atoms with E-state index in [4.69, 9.17) is 0 Å². The van der Waals surface area contributed by atoms with Crippen LogP contribution in [0.1, 0.15) is 53.4 Å². The van der Waals surface area contributed by atoms with Gasteiger partial charge in [0.05, 0.1) is 0 Å². The monoisotopic (exact) mass is 180 g/mol. The zero-order chi connectivity index (χ0) is 10.3. The van der Waals surface area contributed by atoms with E-state index in [-0.39, 0.29) is 0 Å².